The highest BCUT2D eigenvalue weighted by Crippen LogP contribution is 2.17. The summed E-state index contributed by atoms with van der Waals surface area (Å²) in [5, 5.41) is 3.01. The van der Waals surface area contributed by atoms with Gasteiger partial charge < -0.3 is 16.0 Å². The van der Waals surface area contributed by atoms with E-state index in [9.17, 15) is 9.59 Å². The van der Waals surface area contributed by atoms with E-state index in [1.165, 1.54) is 0 Å². The van der Waals surface area contributed by atoms with Crippen LogP contribution in [0.25, 0.3) is 0 Å². The lowest BCUT2D eigenvalue weighted by molar-refractivity contribution is 0.0897. The topological polar surface area (TPSA) is 88.0 Å². The van der Waals surface area contributed by atoms with Gasteiger partial charge in [-0.3, -0.25) is 9.59 Å². The van der Waals surface area contributed by atoms with Crippen molar-refractivity contribution >= 4 is 11.7 Å². The molecule has 5 nitrogen and oxygen atoms in total. The first-order chi connectivity index (χ1) is 11.3. The summed E-state index contributed by atoms with van der Waals surface area (Å²) in [6.45, 7) is 6.53. The largest absolute Gasteiger partial charge is 0.367 e. The van der Waals surface area contributed by atoms with Gasteiger partial charge in [-0.2, -0.15) is 0 Å². The number of aromatic amines is 1. The minimum Gasteiger partial charge on any atom is -0.367 e. The molecule has 0 spiro atoms. The number of carbonyl (C=O) groups excluding carboxylic acids is 2. The standard InChI is InChI=1S/C19H25N3O2/c1-13(2)10-19(3,12-20)22-18(24)15-6-4-14(5-7-15)17(23)16-8-9-21-11-16/h4-9,11,13,21H,10,12,20H2,1-3H3,(H,22,24). The molecule has 0 aliphatic rings. The molecule has 1 amide bonds. The van der Waals surface area contributed by atoms with Gasteiger partial charge >= 0.3 is 0 Å². The molecule has 1 aromatic carbocycles. The lowest BCUT2D eigenvalue weighted by Crippen LogP contribution is -2.52. The van der Waals surface area contributed by atoms with Crippen LogP contribution >= 0.6 is 0 Å². The second kappa shape index (κ2) is 7.45. The third-order valence-corrected chi connectivity index (χ3v) is 3.99. The molecule has 1 aromatic heterocycles. The van der Waals surface area contributed by atoms with Crippen molar-refractivity contribution in [3.63, 3.8) is 0 Å². The maximum absolute atomic E-state index is 12.5. The van der Waals surface area contributed by atoms with Crippen LogP contribution in [0.1, 0.15) is 53.5 Å². The van der Waals surface area contributed by atoms with Crippen LogP contribution < -0.4 is 11.1 Å². The predicted molar refractivity (Wildman–Crippen MR) is 95.0 cm³/mol. The number of H-pyrrole nitrogens is 1. The molecule has 128 valence electrons. The van der Waals surface area contributed by atoms with E-state index in [-0.39, 0.29) is 11.7 Å². The molecular formula is C19H25N3O2. The van der Waals surface area contributed by atoms with Gasteiger partial charge in [0.25, 0.3) is 5.91 Å². The zero-order valence-corrected chi connectivity index (χ0v) is 14.4. The average Bonchev–Trinajstić information content (AvgIpc) is 3.08. The fourth-order valence-electron chi connectivity index (χ4n) is 2.84. The summed E-state index contributed by atoms with van der Waals surface area (Å²) >= 11 is 0. The third kappa shape index (κ3) is 4.32. The number of benzene rings is 1. The summed E-state index contributed by atoms with van der Waals surface area (Å²) in [5.41, 5.74) is 7.06. The van der Waals surface area contributed by atoms with Crippen molar-refractivity contribution in [3.8, 4) is 0 Å². The van der Waals surface area contributed by atoms with E-state index in [1.54, 1.807) is 42.7 Å². The van der Waals surface area contributed by atoms with Crippen molar-refractivity contribution in [2.24, 2.45) is 11.7 Å². The molecule has 5 heteroatoms. The van der Waals surface area contributed by atoms with Crippen LogP contribution in [0.2, 0.25) is 0 Å². The average molecular weight is 327 g/mol. The van der Waals surface area contributed by atoms with E-state index in [0.29, 0.717) is 29.2 Å². The molecule has 0 radical (unpaired) electrons. The summed E-state index contributed by atoms with van der Waals surface area (Å²) in [7, 11) is 0. The molecule has 0 fully saturated rings. The summed E-state index contributed by atoms with van der Waals surface area (Å²) in [5.74, 6) is 0.180. The van der Waals surface area contributed by atoms with E-state index >= 15 is 0 Å². The summed E-state index contributed by atoms with van der Waals surface area (Å²) in [4.78, 5) is 27.6. The molecule has 1 heterocycles. The minimum absolute atomic E-state index is 0.0742. The molecule has 0 aliphatic carbocycles. The molecule has 24 heavy (non-hydrogen) atoms. The number of hydrogen-bond acceptors (Lipinski definition) is 3. The number of amides is 1. The van der Waals surface area contributed by atoms with Gasteiger partial charge in [0, 0.05) is 41.2 Å². The van der Waals surface area contributed by atoms with Crippen molar-refractivity contribution < 1.29 is 9.59 Å². The first kappa shape index (κ1) is 17.9. The Hall–Kier alpha value is -2.40. The molecule has 2 aromatic rings. The van der Waals surface area contributed by atoms with E-state index < -0.39 is 5.54 Å². The van der Waals surface area contributed by atoms with Crippen LogP contribution in [0.4, 0.5) is 0 Å². The number of nitrogens with one attached hydrogen (secondary N) is 2. The maximum atomic E-state index is 12.5. The highest BCUT2D eigenvalue weighted by molar-refractivity contribution is 6.09. The number of aromatic nitrogens is 1. The van der Waals surface area contributed by atoms with Crippen LogP contribution in [-0.4, -0.2) is 28.8 Å². The Bertz CT molecular complexity index is 690. The van der Waals surface area contributed by atoms with Crippen LogP contribution in [0.15, 0.2) is 42.7 Å². The number of hydrogen-bond donors (Lipinski definition) is 3. The normalized spacial score (nSPS) is 13.5. The Balaban J connectivity index is 2.10. The second-order valence-corrected chi connectivity index (χ2v) is 6.82. The van der Waals surface area contributed by atoms with Gasteiger partial charge in [-0.1, -0.05) is 26.0 Å². The van der Waals surface area contributed by atoms with Gasteiger partial charge in [0.05, 0.1) is 0 Å². The number of carbonyl (C=O) groups is 2. The molecule has 0 bridgehead atoms. The molecule has 1 atom stereocenters. The highest BCUT2D eigenvalue weighted by atomic mass is 16.2. The number of rotatable bonds is 7. The Morgan fingerprint density at radius 1 is 1.12 bits per heavy atom. The Labute approximate surface area is 142 Å². The van der Waals surface area contributed by atoms with Crippen molar-refractivity contribution in [1.29, 1.82) is 0 Å². The first-order valence-corrected chi connectivity index (χ1v) is 8.15. The van der Waals surface area contributed by atoms with E-state index in [4.69, 9.17) is 5.73 Å². The van der Waals surface area contributed by atoms with Gasteiger partial charge in [-0.25, -0.2) is 0 Å². The Morgan fingerprint density at radius 3 is 2.25 bits per heavy atom. The SMILES string of the molecule is CC(C)CC(C)(CN)NC(=O)c1ccc(C(=O)c2cc[nH]c2)cc1. The zero-order valence-electron chi connectivity index (χ0n) is 14.4. The van der Waals surface area contributed by atoms with Gasteiger partial charge in [-0.05, 0) is 37.5 Å². The van der Waals surface area contributed by atoms with E-state index in [2.05, 4.69) is 24.1 Å². The molecule has 1 unspecified atom stereocenters. The lowest BCUT2D eigenvalue weighted by Gasteiger charge is -2.31. The third-order valence-electron chi connectivity index (χ3n) is 3.99. The highest BCUT2D eigenvalue weighted by Gasteiger charge is 2.26. The van der Waals surface area contributed by atoms with Crippen molar-refractivity contribution in [2.75, 3.05) is 6.54 Å². The van der Waals surface area contributed by atoms with Crippen LogP contribution in [0.3, 0.4) is 0 Å². The predicted octanol–water partition coefficient (Wildman–Crippen LogP) is 2.74. The summed E-state index contributed by atoms with van der Waals surface area (Å²) in [6, 6.07) is 8.41. The Kier molecular flexibility index (Phi) is 5.57. The monoisotopic (exact) mass is 327 g/mol. The minimum atomic E-state index is -0.440. The van der Waals surface area contributed by atoms with Crippen LogP contribution in [0, 0.1) is 5.92 Å². The number of ketones is 1. The fourth-order valence-corrected chi connectivity index (χ4v) is 2.84. The quantitative estimate of drug-likeness (QED) is 0.683. The molecular weight excluding hydrogens is 302 g/mol. The molecule has 0 aliphatic heterocycles. The first-order valence-electron chi connectivity index (χ1n) is 8.15. The van der Waals surface area contributed by atoms with Crippen LogP contribution in [-0.2, 0) is 0 Å². The smallest absolute Gasteiger partial charge is 0.251 e. The van der Waals surface area contributed by atoms with Crippen molar-refractivity contribution in [3.05, 3.63) is 59.4 Å². The van der Waals surface area contributed by atoms with Crippen molar-refractivity contribution in [2.45, 2.75) is 32.7 Å². The van der Waals surface area contributed by atoms with E-state index in [1.807, 2.05) is 6.92 Å². The summed E-state index contributed by atoms with van der Waals surface area (Å²) < 4.78 is 0. The zero-order chi connectivity index (χ0) is 17.7. The van der Waals surface area contributed by atoms with E-state index in [0.717, 1.165) is 6.42 Å². The van der Waals surface area contributed by atoms with Gasteiger partial charge in [-0.15, -0.1) is 0 Å². The molecule has 4 N–H and O–H groups in total. The lowest BCUT2D eigenvalue weighted by atomic mass is 9.90. The van der Waals surface area contributed by atoms with Gasteiger partial charge in [0.15, 0.2) is 5.78 Å². The van der Waals surface area contributed by atoms with Crippen LogP contribution in [0.5, 0.6) is 0 Å². The molecule has 0 saturated heterocycles. The van der Waals surface area contributed by atoms with Gasteiger partial charge in [0.1, 0.15) is 0 Å². The second-order valence-electron chi connectivity index (χ2n) is 6.82. The molecule has 0 saturated carbocycles. The maximum Gasteiger partial charge on any atom is 0.251 e. The van der Waals surface area contributed by atoms with Gasteiger partial charge in [0.2, 0.25) is 0 Å². The summed E-state index contributed by atoms with van der Waals surface area (Å²) in [6.07, 6.45) is 4.16. The molecule has 2 rings (SSSR count). The van der Waals surface area contributed by atoms with Crippen molar-refractivity contribution in [1.82, 2.24) is 10.3 Å². The Morgan fingerprint density at radius 2 is 1.75 bits per heavy atom. The fraction of sp³-hybridized carbons (Fsp3) is 0.368. The number of nitrogens with two attached hydrogens (primary N) is 1.